The number of methoxy groups -OCH3 is 1. The van der Waals surface area contributed by atoms with Crippen molar-refractivity contribution in [3.63, 3.8) is 0 Å². The molecule has 0 radical (unpaired) electrons. The summed E-state index contributed by atoms with van der Waals surface area (Å²) >= 11 is 0. The summed E-state index contributed by atoms with van der Waals surface area (Å²) in [6, 6.07) is 6.01. The van der Waals surface area contributed by atoms with Crippen molar-refractivity contribution in [2.45, 2.75) is 63.6 Å². The molecular weight excluding hydrogens is 356 g/mol. The number of carbonyl (C=O) groups excluding carboxylic acids is 1. The van der Waals surface area contributed by atoms with Crippen LogP contribution in [0.2, 0.25) is 0 Å². The van der Waals surface area contributed by atoms with Crippen LogP contribution in [-0.4, -0.2) is 54.3 Å². The zero-order valence-corrected chi connectivity index (χ0v) is 16.7. The molecule has 1 amide bonds. The third-order valence-corrected chi connectivity index (χ3v) is 6.38. The number of piperidine rings is 1. The number of likely N-dealkylation sites (tertiary alicyclic amines) is 1. The highest BCUT2D eigenvalue weighted by Gasteiger charge is 2.32. The summed E-state index contributed by atoms with van der Waals surface area (Å²) in [7, 11) is 1.63. The van der Waals surface area contributed by atoms with E-state index in [-0.39, 0.29) is 24.1 Å². The van der Waals surface area contributed by atoms with Crippen molar-refractivity contribution in [3.05, 3.63) is 29.5 Å². The zero-order valence-electron chi connectivity index (χ0n) is 16.7. The van der Waals surface area contributed by atoms with Crippen LogP contribution in [-0.2, 0) is 0 Å². The average Bonchev–Trinajstić information content (AvgIpc) is 3.05. The molecule has 6 heteroatoms. The summed E-state index contributed by atoms with van der Waals surface area (Å²) in [5, 5.41) is 14.3. The van der Waals surface area contributed by atoms with E-state index in [2.05, 4.69) is 10.2 Å². The highest BCUT2D eigenvalue weighted by Crippen LogP contribution is 2.29. The molecule has 2 fully saturated rings. The second-order valence-corrected chi connectivity index (χ2v) is 8.12. The second kappa shape index (κ2) is 8.13. The minimum Gasteiger partial charge on any atom is -0.497 e. The molecule has 0 unspecified atom stereocenters. The topological polar surface area (TPSA) is 74.9 Å². The summed E-state index contributed by atoms with van der Waals surface area (Å²) in [5.41, 5.74) is 1.54. The van der Waals surface area contributed by atoms with E-state index in [0.717, 1.165) is 61.9 Å². The van der Waals surface area contributed by atoms with Gasteiger partial charge in [-0.2, -0.15) is 0 Å². The van der Waals surface area contributed by atoms with Gasteiger partial charge in [0.1, 0.15) is 11.3 Å². The number of hydrogen-bond acceptors (Lipinski definition) is 5. The van der Waals surface area contributed by atoms with Crippen molar-refractivity contribution >= 4 is 16.9 Å². The van der Waals surface area contributed by atoms with Gasteiger partial charge in [-0.15, -0.1) is 0 Å². The molecule has 2 N–H and O–H groups in total. The number of aryl methyl sites for hydroxylation is 1. The summed E-state index contributed by atoms with van der Waals surface area (Å²) in [6.07, 6.45) is 5.94. The molecule has 6 nitrogen and oxygen atoms in total. The Morgan fingerprint density at radius 3 is 2.68 bits per heavy atom. The normalized spacial score (nSPS) is 24.4. The molecule has 2 heterocycles. The van der Waals surface area contributed by atoms with Crippen molar-refractivity contribution < 1.29 is 19.1 Å². The van der Waals surface area contributed by atoms with Crippen LogP contribution in [0, 0.1) is 6.92 Å². The van der Waals surface area contributed by atoms with Crippen molar-refractivity contribution in [2.75, 3.05) is 20.2 Å². The average molecular weight is 386 g/mol. The van der Waals surface area contributed by atoms with Gasteiger partial charge in [0.05, 0.1) is 13.2 Å². The van der Waals surface area contributed by atoms with E-state index in [0.29, 0.717) is 11.3 Å². The molecule has 1 aliphatic heterocycles. The first-order valence-electron chi connectivity index (χ1n) is 10.4. The first-order valence-corrected chi connectivity index (χ1v) is 10.4. The molecule has 2 atom stereocenters. The van der Waals surface area contributed by atoms with Crippen molar-refractivity contribution in [1.29, 1.82) is 0 Å². The quantitative estimate of drug-likeness (QED) is 0.844. The van der Waals surface area contributed by atoms with Crippen LogP contribution in [0.5, 0.6) is 5.75 Å². The Hall–Kier alpha value is -2.05. The van der Waals surface area contributed by atoms with E-state index in [1.54, 1.807) is 7.11 Å². The summed E-state index contributed by atoms with van der Waals surface area (Å²) < 4.78 is 11.1. The lowest BCUT2D eigenvalue weighted by Crippen LogP contribution is -2.52. The van der Waals surface area contributed by atoms with Gasteiger partial charge in [0.15, 0.2) is 5.76 Å². The number of nitrogens with one attached hydrogen (secondary N) is 1. The Labute approximate surface area is 165 Å². The molecule has 1 aromatic heterocycles. The predicted octanol–water partition coefficient (Wildman–Crippen LogP) is 3.25. The van der Waals surface area contributed by atoms with Crippen LogP contribution < -0.4 is 10.1 Å². The maximum Gasteiger partial charge on any atom is 0.287 e. The van der Waals surface area contributed by atoms with E-state index in [9.17, 15) is 9.90 Å². The SMILES string of the molecule is COc1ccc2oc(C(=O)NC3CCN([C@H]4CCCC[C@@H]4O)CC3)c(C)c2c1. The van der Waals surface area contributed by atoms with Gasteiger partial charge in [-0.25, -0.2) is 0 Å². The molecule has 2 aromatic rings. The number of nitrogens with zero attached hydrogens (tertiary/aromatic N) is 1. The third kappa shape index (κ3) is 3.76. The summed E-state index contributed by atoms with van der Waals surface area (Å²) in [5.74, 6) is 0.984. The Kier molecular flexibility index (Phi) is 5.60. The van der Waals surface area contributed by atoms with E-state index in [4.69, 9.17) is 9.15 Å². The Bertz CT molecular complexity index is 838. The maximum atomic E-state index is 12.8. The number of rotatable bonds is 4. The Morgan fingerprint density at radius 1 is 1.21 bits per heavy atom. The largest absolute Gasteiger partial charge is 0.497 e. The smallest absolute Gasteiger partial charge is 0.287 e. The van der Waals surface area contributed by atoms with Crippen molar-refractivity contribution in [1.82, 2.24) is 10.2 Å². The van der Waals surface area contributed by atoms with Crippen LogP contribution >= 0.6 is 0 Å². The monoisotopic (exact) mass is 386 g/mol. The minimum atomic E-state index is -0.199. The molecule has 4 rings (SSSR count). The van der Waals surface area contributed by atoms with Crippen molar-refractivity contribution in [2.24, 2.45) is 0 Å². The van der Waals surface area contributed by atoms with Gasteiger partial charge in [0.2, 0.25) is 0 Å². The van der Waals surface area contributed by atoms with Gasteiger partial charge in [-0.3, -0.25) is 9.69 Å². The standard InChI is InChI=1S/C22H30N2O4/c1-14-17-13-16(27-2)7-8-20(17)28-21(14)22(26)23-15-9-11-24(12-10-15)18-5-3-4-6-19(18)25/h7-8,13,15,18-19,25H,3-6,9-12H2,1-2H3,(H,23,26)/t18-,19-/m0/s1. The molecule has 28 heavy (non-hydrogen) atoms. The number of ether oxygens (including phenoxy) is 1. The van der Waals surface area contributed by atoms with Crippen LogP contribution in [0.25, 0.3) is 11.0 Å². The highest BCUT2D eigenvalue weighted by atomic mass is 16.5. The number of carbonyl (C=O) groups is 1. The fourth-order valence-corrected chi connectivity index (χ4v) is 4.69. The molecule has 2 aliphatic rings. The number of amides is 1. The van der Waals surface area contributed by atoms with Crippen LogP contribution in [0.3, 0.4) is 0 Å². The first kappa shape index (κ1) is 19.3. The molecule has 1 saturated carbocycles. The minimum absolute atomic E-state index is 0.145. The Balaban J connectivity index is 1.38. The number of aliphatic hydroxyl groups excluding tert-OH is 1. The van der Waals surface area contributed by atoms with Gasteiger partial charge >= 0.3 is 0 Å². The molecule has 0 spiro atoms. The number of furan rings is 1. The summed E-state index contributed by atoms with van der Waals surface area (Å²) in [4.78, 5) is 15.2. The van der Waals surface area contributed by atoms with E-state index < -0.39 is 0 Å². The fourth-order valence-electron chi connectivity index (χ4n) is 4.69. The Morgan fingerprint density at radius 2 is 1.96 bits per heavy atom. The zero-order chi connectivity index (χ0) is 19.7. The van der Waals surface area contributed by atoms with Gasteiger partial charge in [-0.1, -0.05) is 12.8 Å². The third-order valence-electron chi connectivity index (χ3n) is 6.38. The van der Waals surface area contributed by atoms with E-state index in [1.165, 1.54) is 6.42 Å². The van der Waals surface area contributed by atoms with Gasteiger partial charge in [0.25, 0.3) is 5.91 Å². The number of benzene rings is 1. The van der Waals surface area contributed by atoms with E-state index in [1.807, 2.05) is 25.1 Å². The fraction of sp³-hybridized carbons (Fsp3) is 0.591. The molecule has 1 aromatic carbocycles. The predicted molar refractivity (Wildman–Crippen MR) is 108 cm³/mol. The number of fused-ring (bicyclic) bond motifs is 1. The maximum absolute atomic E-state index is 12.8. The molecular formula is C22H30N2O4. The lowest BCUT2D eigenvalue weighted by molar-refractivity contribution is 0.00721. The van der Waals surface area contributed by atoms with Crippen LogP contribution in [0.4, 0.5) is 0 Å². The van der Waals surface area contributed by atoms with E-state index >= 15 is 0 Å². The molecule has 0 bridgehead atoms. The highest BCUT2D eigenvalue weighted by molar-refractivity contribution is 5.99. The van der Waals surface area contributed by atoms with Gasteiger partial charge in [-0.05, 0) is 50.8 Å². The lowest BCUT2D eigenvalue weighted by Gasteiger charge is -2.41. The second-order valence-electron chi connectivity index (χ2n) is 8.12. The molecule has 1 aliphatic carbocycles. The number of hydrogen-bond donors (Lipinski definition) is 2. The molecule has 1 saturated heterocycles. The lowest BCUT2D eigenvalue weighted by atomic mass is 9.89. The van der Waals surface area contributed by atoms with Crippen LogP contribution in [0.1, 0.15) is 54.6 Å². The van der Waals surface area contributed by atoms with Crippen LogP contribution in [0.15, 0.2) is 22.6 Å². The first-order chi connectivity index (χ1) is 13.6. The van der Waals surface area contributed by atoms with Gasteiger partial charge in [0, 0.05) is 36.1 Å². The van der Waals surface area contributed by atoms with Gasteiger partial charge < -0.3 is 19.6 Å². The number of aliphatic hydroxyl groups is 1. The summed E-state index contributed by atoms with van der Waals surface area (Å²) in [6.45, 7) is 3.75. The molecule has 152 valence electrons. The van der Waals surface area contributed by atoms with Crippen molar-refractivity contribution in [3.8, 4) is 5.75 Å².